The van der Waals surface area contributed by atoms with Crippen molar-refractivity contribution in [2.24, 2.45) is 0 Å². The molecule has 0 saturated carbocycles. The molecule has 0 bridgehead atoms. The highest BCUT2D eigenvalue weighted by Crippen LogP contribution is 2.39. The van der Waals surface area contributed by atoms with Crippen molar-refractivity contribution in [1.29, 1.82) is 0 Å². The molecule has 126 valence electrons. The Labute approximate surface area is 157 Å². The molecule has 1 aliphatic rings. The van der Waals surface area contributed by atoms with Gasteiger partial charge in [0, 0.05) is 33.9 Å². The Morgan fingerprint density at radius 1 is 1.29 bits per heavy atom. The molecule has 1 fully saturated rings. The normalized spacial score (nSPS) is 17.6. The summed E-state index contributed by atoms with van der Waals surface area (Å²) in [6.07, 6.45) is 2.58. The van der Waals surface area contributed by atoms with Crippen molar-refractivity contribution in [2.45, 2.75) is 29.0 Å². The Morgan fingerprint density at radius 2 is 2.21 bits per heavy atom. The van der Waals surface area contributed by atoms with Crippen LogP contribution in [-0.2, 0) is 10.5 Å². The minimum absolute atomic E-state index is 0.308. The Bertz CT molecular complexity index is 829. The van der Waals surface area contributed by atoms with E-state index in [-0.39, 0.29) is 0 Å². The van der Waals surface area contributed by atoms with E-state index in [9.17, 15) is 0 Å². The number of rotatable bonds is 6. The number of benzene rings is 1. The van der Waals surface area contributed by atoms with Crippen molar-refractivity contribution in [3.63, 3.8) is 0 Å². The van der Waals surface area contributed by atoms with Gasteiger partial charge in [-0.15, -0.1) is 21.5 Å². The van der Waals surface area contributed by atoms with E-state index < -0.39 is 0 Å². The van der Waals surface area contributed by atoms with E-state index in [1.807, 2.05) is 12.1 Å². The highest BCUT2D eigenvalue weighted by molar-refractivity contribution is 8.00. The number of anilines is 1. The summed E-state index contributed by atoms with van der Waals surface area (Å²) < 4.78 is 7.79. The number of halogens is 1. The molecule has 24 heavy (non-hydrogen) atoms. The number of nitrogens with one attached hydrogen (secondary N) is 1. The van der Waals surface area contributed by atoms with Crippen LogP contribution in [0.2, 0.25) is 5.02 Å². The summed E-state index contributed by atoms with van der Waals surface area (Å²) in [7, 11) is 0. The number of thioether (sulfide) groups is 1. The van der Waals surface area contributed by atoms with Crippen LogP contribution in [0.4, 0.5) is 5.13 Å². The summed E-state index contributed by atoms with van der Waals surface area (Å²) in [6.45, 7) is 1.68. The van der Waals surface area contributed by atoms with Gasteiger partial charge in [0.15, 0.2) is 4.34 Å². The number of hydrogen-bond acceptors (Lipinski definition) is 7. The van der Waals surface area contributed by atoms with Gasteiger partial charge in [0.25, 0.3) is 0 Å². The van der Waals surface area contributed by atoms with Gasteiger partial charge in [-0.3, -0.25) is 0 Å². The van der Waals surface area contributed by atoms with Crippen molar-refractivity contribution in [3.05, 3.63) is 34.2 Å². The second-order valence-corrected chi connectivity index (χ2v) is 9.23. The number of nitrogens with zero attached hydrogens (tertiary/aromatic N) is 2. The van der Waals surface area contributed by atoms with E-state index >= 15 is 0 Å². The highest BCUT2D eigenvalue weighted by Gasteiger charge is 2.16. The second-order valence-electron chi connectivity index (χ2n) is 5.51. The fourth-order valence-electron chi connectivity index (χ4n) is 2.63. The van der Waals surface area contributed by atoms with Crippen LogP contribution >= 0.6 is 46.0 Å². The molecule has 1 unspecified atom stereocenters. The van der Waals surface area contributed by atoms with E-state index in [1.165, 1.54) is 9.58 Å². The molecule has 1 saturated heterocycles. The van der Waals surface area contributed by atoms with E-state index in [0.29, 0.717) is 6.10 Å². The maximum atomic E-state index is 6.49. The maximum Gasteiger partial charge on any atom is 0.206 e. The third-order valence-corrected chi connectivity index (χ3v) is 7.78. The van der Waals surface area contributed by atoms with Crippen LogP contribution < -0.4 is 5.32 Å². The van der Waals surface area contributed by atoms with Gasteiger partial charge in [0.05, 0.1) is 11.1 Å². The third-order valence-electron chi connectivity index (χ3n) is 3.84. The van der Waals surface area contributed by atoms with Crippen LogP contribution in [0.15, 0.2) is 28.6 Å². The van der Waals surface area contributed by atoms with Crippen molar-refractivity contribution in [2.75, 3.05) is 18.5 Å². The fraction of sp³-hybridized carbons (Fsp3) is 0.375. The number of aromatic nitrogens is 2. The van der Waals surface area contributed by atoms with E-state index in [1.54, 1.807) is 34.4 Å². The number of fused-ring (bicyclic) bond motifs is 1. The summed E-state index contributed by atoms with van der Waals surface area (Å²) in [6, 6.07) is 8.25. The van der Waals surface area contributed by atoms with E-state index in [0.717, 1.165) is 51.6 Å². The average molecular weight is 398 g/mol. The Hall–Kier alpha value is -0.860. The molecule has 4 rings (SSSR count). The fourth-order valence-corrected chi connectivity index (χ4v) is 6.05. The molecule has 4 nitrogen and oxygen atoms in total. The molecule has 1 aromatic carbocycles. The van der Waals surface area contributed by atoms with Gasteiger partial charge in [0.2, 0.25) is 5.13 Å². The Kier molecular flexibility index (Phi) is 5.24. The van der Waals surface area contributed by atoms with Gasteiger partial charge in [0.1, 0.15) is 0 Å². The third kappa shape index (κ3) is 3.70. The SMILES string of the molecule is Clc1c(CSc2nnc(NCC3CCCO3)s2)sc2ccccc12. The molecule has 0 amide bonds. The van der Waals surface area contributed by atoms with Gasteiger partial charge >= 0.3 is 0 Å². The summed E-state index contributed by atoms with van der Waals surface area (Å²) in [5.41, 5.74) is 0. The minimum atomic E-state index is 0.308. The first-order valence-electron chi connectivity index (χ1n) is 7.77. The molecule has 8 heteroatoms. The molecule has 0 spiro atoms. The summed E-state index contributed by atoms with van der Waals surface area (Å²) in [4.78, 5) is 1.19. The maximum absolute atomic E-state index is 6.49. The lowest BCUT2D eigenvalue weighted by Gasteiger charge is -2.08. The Balaban J connectivity index is 1.36. The smallest absolute Gasteiger partial charge is 0.206 e. The zero-order chi connectivity index (χ0) is 16.4. The van der Waals surface area contributed by atoms with Gasteiger partial charge in [-0.25, -0.2) is 0 Å². The lowest BCUT2D eigenvalue weighted by molar-refractivity contribution is 0.120. The van der Waals surface area contributed by atoms with E-state index in [2.05, 4.69) is 27.6 Å². The molecule has 3 aromatic rings. The van der Waals surface area contributed by atoms with Gasteiger partial charge in [-0.2, -0.15) is 0 Å². The molecule has 1 aliphatic heterocycles. The van der Waals surface area contributed by atoms with Crippen molar-refractivity contribution >= 4 is 61.3 Å². The molecule has 3 heterocycles. The summed E-state index contributed by atoms with van der Waals surface area (Å²) in [5.74, 6) is 0.818. The number of hydrogen-bond donors (Lipinski definition) is 1. The standard InChI is InChI=1S/C16H16ClN3OS3/c17-14-11-5-1-2-6-12(11)23-13(14)9-22-16-20-19-15(24-16)18-8-10-4-3-7-21-10/h1-2,5-6,10H,3-4,7-9H2,(H,18,19). The van der Waals surface area contributed by atoms with Crippen LogP contribution in [0.25, 0.3) is 10.1 Å². The first-order valence-corrected chi connectivity index (χ1v) is 10.8. The first kappa shape index (κ1) is 16.6. The molecular weight excluding hydrogens is 382 g/mol. The lowest BCUT2D eigenvalue weighted by Crippen LogP contribution is -2.18. The first-order chi connectivity index (χ1) is 11.8. The zero-order valence-corrected chi connectivity index (χ0v) is 16.0. The van der Waals surface area contributed by atoms with E-state index in [4.69, 9.17) is 16.3 Å². The van der Waals surface area contributed by atoms with Gasteiger partial charge < -0.3 is 10.1 Å². The van der Waals surface area contributed by atoms with Crippen molar-refractivity contribution in [1.82, 2.24) is 10.2 Å². The largest absolute Gasteiger partial charge is 0.376 e. The minimum Gasteiger partial charge on any atom is -0.376 e. The Morgan fingerprint density at radius 3 is 3.04 bits per heavy atom. The van der Waals surface area contributed by atoms with Gasteiger partial charge in [-0.1, -0.05) is 52.9 Å². The second kappa shape index (κ2) is 7.58. The van der Waals surface area contributed by atoms with Crippen LogP contribution in [0.5, 0.6) is 0 Å². The topological polar surface area (TPSA) is 47.0 Å². The number of ether oxygens (including phenoxy) is 1. The highest BCUT2D eigenvalue weighted by atomic mass is 35.5. The molecule has 1 N–H and O–H groups in total. The lowest BCUT2D eigenvalue weighted by atomic mass is 10.2. The predicted octanol–water partition coefficient (Wildman–Crippen LogP) is 5.29. The molecule has 1 atom stereocenters. The summed E-state index contributed by atoms with van der Waals surface area (Å²) in [5, 5.41) is 14.6. The quantitative estimate of drug-likeness (QED) is 0.572. The molecule has 2 aromatic heterocycles. The average Bonchev–Trinajstić information content (AvgIpc) is 3.32. The number of thiophene rings is 1. The summed E-state index contributed by atoms with van der Waals surface area (Å²) >= 11 is 11.5. The van der Waals surface area contributed by atoms with Crippen molar-refractivity contribution in [3.8, 4) is 0 Å². The molecule has 0 aliphatic carbocycles. The monoisotopic (exact) mass is 397 g/mol. The zero-order valence-electron chi connectivity index (χ0n) is 12.8. The van der Waals surface area contributed by atoms with Crippen LogP contribution in [0, 0.1) is 0 Å². The van der Waals surface area contributed by atoms with Crippen molar-refractivity contribution < 1.29 is 4.74 Å². The van der Waals surface area contributed by atoms with Crippen LogP contribution in [0.1, 0.15) is 17.7 Å². The van der Waals surface area contributed by atoms with Crippen LogP contribution in [0.3, 0.4) is 0 Å². The van der Waals surface area contributed by atoms with Crippen LogP contribution in [-0.4, -0.2) is 29.5 Å². The predicted molar refractivity (Wildman–Crippen MR) is 104 cm³/mol. The van der Waals surface area contributed by atoms with Gasteiger partial charge in [-0.05, 0) is 18.9 Å². The molecular formula is C16H16ClN3OS3. The molecule has 0 radical (unpaired) electrons.